The van der Waals surface area contributed by atoms with Crippen LogP contribution in [0.25, 0.3) is 0 Å². The Labute approximate surface area is 67.2 Å². The van der Waals surface area contributed by atoms with E-state index in [1.54, 1.807) is 6.08 Å². The average Bonchev–Trinajstić information content (AvgIpc) is 1.87. The molecule has 0 radical (unpaired) electrons. The smallest absolute Gasteiger partial charge is 0.241 e. The van der Waals surface area contributed by atoms with Gasteiger partial charge in [-0.25, -0.2) is 0 Å². The van der Waals surface area contributed by atoms with Gasteiger partial charge in [0.1, 0.15) is 0 Å². The van der Waals surface area contributed by atoms with E-state index in [0.717, 1.165) is 6.42 Å². The largest absolute Gasteiger partial charge is 0.378 e. The standard InChI is InChI=1S/C8H15NO2/c1-3-11-7(2)5-4-6-8(9)10/h4,6-7H,3,5H2,1-2H3,(H2,9,10). The van der Waals surface area contributed by atoms with Crippen LogP contribution in [0.1, 0.15) is 20.3 Å². The number of hydrogen-bond acceptors (Lipinski definition) is 2. The molecule has 3 nitrogen and oxygen atoms in total. The van der Waals surface area contributed by atoms with E-state index < -0.39 is 5.91 Å². The van der Waals surface area contributed by atoms with Crippen molar-refractivity contribution in [2.45, 2.75) is 26.4 Å². The molecule has 0 saturated heterocycles. The number of rotatable bonds is 5. The zero-order chi connectivity index (χ0) is 8.69. The van der Waals surface area contributed by atoms with Crippen molar-refractivity contribution in [2.75, 3.05) is 6.61 Å². The summed E-state index contributed by atoms with van der Waals surface area (Å²) < 4.78 is 5.22. The Morgan fingerprint density at radius 1 is 1.73 bits per heavy atom. The normalized spacial score (nSPS) is 13.6. The van der Waals surface area contributed by atoms with Crippen LogP contribution in [0.2, 0.25) is 0 Å². The quantitative estimate of drug-likeness (QED) is 0.601. The summed E-state index contributed by atoms with van der Waals surface area (Å²) in [6.07, 6.45) is 3.98. The zero-order valence-electron chi connectivity index (χ0n) is 7.04. The van der Waals surface area contributed by atoms with Crippen molar-refractivity contribution < 1.29 is 9.53 Å². The first-order valence-electron chi connectivity index (χ1n) is 3.74. The summed E-state index contributed by atoms with van der Waals surface area (Å²) in [7, 11) is 0. The van der Waals surface area contributed by atoms with Crippen molar-refractivity contribution in [1.82, 2.24) is 0 Å². The predicted octanol–water partition coefficient (Wildman–Crippen LogP) is 0.843. The summed E-state index contributed by atoms with van der Waals surface area (Å²) in [6.45, 7) is 4.59. The van der Waals surface area contributed by atoms with E-state index in [9.17, 15) is 4.79 Å². The van der Waals surface area contributed by atoms with E-state index in [4.69, 9.17) is 10.5 Å². The van der Waals surface area contributed by atoms with Gasteiger partial charge in [-0.15, -0.1) is 0 Å². The molecule has 0 bridgehead atoms. The molecule has 11 heavy (non-hydrogen) atoms. The Hall–Kier alpha value is -0.830. The van der Waals surface area contributed by atoms with Gasteiger partial charge in [0, 0.05) is 6.61 Å². The van der Waals surface area contributed by atoms with Crippen LogP contribution < -0.4 is 5.73 Å². The molecule has 64 valence electrons. The number of primary amides is 1. The number of carbonyl (C=O) groups is 1. The van der Waals surface area contributed by atoms with Crippen molar-refractivity contribution in [1.29, 1.82) is 0 Å². The third-order valence-electron chi connectivity index (χ3n) is 1.20. The molecule has 2 N–H and O–H groups in total. The molecular weight excluding hydrogens is 142 g/mol. The third-order valence-corrected chi connectivity index (χ3v) is 1.20. The molecule has 0 heterocycles. The molecule has 0 spiro atoms. The van der Waals surface area contributed by atoms with Crippen molar-refractivity contribution >= 4 is 5.91 Å². The van der Waals surface area contributed by atoms with Gasteiger partial charge in [-0.05, 0) is 26.3 Å². The van der Waals surface area contributed by atoms with Crippen LogP contribution in [0.5, 0.6) is 0 Å². The van der Waals surface area contributed by atoms with Gasteiger partial charge in [0.05, 0.1) is 6.10 Å². The number of nitrogens with two attached hydrogens (primary N) is 1. The average molecular weight is 157 g/mol. The van der Waals surface area contributed by atoms with Gasteiger partial charge >= 0.3 is 0 Å². The van der Waals surface area contributed by atoms with Crippen LogP contribution in [-0.4, -0.2) is 18.6 Å². The van der Waals surface area contributed by atoms with Gasteiger partial charge in [-0.2, -0.15) is 0 Å². The Balaban J connectivity index is 3.44. The first kappa shape index (κ1) is 10.2. The van der Waals surface area contributed by atoms with Crippen LogP contribution in [0.15, 0.2) is 12.2 Å². The minimum atomic E-state index is -0.409. The fourth-order valence-corrected chi connectivity index (χ4v) is 0.728. The molecule has 0 aromatic rings. The maximum Gasteiger partial charge on any atom is 0.241 e. The van der Waals surface area contributed by atoms with Gasteiger partial charge < -0.3 is 10.5 Å². The lowest BCUT2D eigenvalue weighted by Crippen LogP contribution is -2.08. The van der Waals surface area contributed by atoms with Gasteiger partial charge in [0.25, 0.3) is 0 Å². The summed E-state index contributed by atoms with van der Waals surface area (Å²) >= 11 is 0. The lowest BCUT2D eigenvalue weighted by molar-refractivity contribution is -0.113. The second-order valence-electron chi connectivity index (χ2n) is 2.31. The van der Waals surface area contributed by atoms with E-state index in [-0.39, 0.29) is 6.10 Å². The molecule has 0 aliphatic carbocycles. The molecule has 1 unspecified atom stereocenters. The fraction of sp³-hybridized carbons (Fsp3) is 0.625. The van der Waals surface area contributed by atoms with Crippen molar-refractivity contribution in [2.24, 2.45) is 5.73 Å². The van der Waals surface area contributed by atoms with Crippen molar-refractivity contribution in [3.8, 4) is 0 Å². The summed E-state index contributed by atoms with van der Waals surface area (Å²) in [5.41, 5.74) is 4.89. The molecule has 0 saturated carbocycles. The molecule has 0 aliphatic heterocycles. The third kappa shape index (κ3) is 7.06. The molecule has 1 amide bonds. The summed E-state index contributed by atoms with van der Waals surface area (Å²) in [5.74, 6) is -0.409. The molecule has 0 aromatic carbocycles. The first-order valence-corrected chi connectivity index (χ1v) is 3.74. The lowest BCUT2D eigenvalue weighted by atomic mass is 10.2. The van der Waals surface area contributed by atoms with Crippen LogP contribution in [0, 0.1) is 0 Å². The van der Waals surface area contributed by atoms with Crippen LogP contribution in [0.4, 0.5) is 0 Å². The highest BCUT2D eigenvalue weighted by Gasteiger charge is 1.95. The minimum Gasteiger partial charge on any atom is -0.378 e. The number of carbonyl (C=O) groups excluding carboxylic acids is 1. The highest BCUT2D eigenvalue weighted by Crippen LogP contribution is 1.97. The van der Waals surface area contributed by atoms with E-state index in [0.29, 0.717) is 6.61 Å². The van der Waals surface area contributed by atoms with Crippen molar-refractivity contribution in [3.63, 3.8) is 0 Å². The Kier molecular flexibility index (Phi) is 5.47. The summed E-state index contributed by atoms with van der Waals surface area (Å²) in [6, 6.07) is 0. The van der Waals surface area contributed by atoms with Crippen LogP contribution in [-0.2, 0) is 9.53 Å². The maximum absolute atomic E-state index is 10.2. The highest BCUT2D eigenvalue weighted by molar-refractivity contribution is 5.85. The summed E-state index contributed by atoms with van der Waals surface area (Å²) in [5, 5.41) is 0. The number of hydrogen-bond donors (Lipinski definition) is 1. The maximum atomic E-state index is 10.2. The van der Waals surface area contributed by atoms with Crippen LogP contribution in [0.3, 0.4) is 0 Å². The van der Waals surface area contributed by atoms with E-state index in [2.05, 4.69) is 0 Å². The minimum absolute atomic E-state index is 0.163. The zero-order valence-corrected chi connectivity index (χ0v) is 7.04. The molecule has 0 fully saturated rings. The molecule has 0 rings (SSSR count). The Morgan fingerprint density at radius 3 is 2.82 bits per heavy atom. The second kappa shape index (κ2) is 5.92. The lowest BCUT2D eigenvalue weighted by Gasteiger charge is -2.06. The molecule has 0 aromatic heterocycles. The predicted molar refractivity (Wildman–Crippen MR) is 44.0 cm³/mol. The number of amides is 1. The molecule has 0 aliphatic rings. The van der Waals surface area contributed by atoms with Crippen LogP contribution >= 0.6 is 0 Å². The topological polar surface area (TPSA) is 52.3 Å². The first-order chi connectivity index (χ1) is 5.16. The van der Waals surface area contributed by atoms with Gasteiger partial charge in [-0.3, -0.25) is 4.79 Å². The summed E-state index contributed by atoms with van der Waals surface area (Å²) in [4.78, 5) is 10.2. The fourth-order valence-electron chi connectivity index (χ4n) is 0.728. The van der Waals surface area contributed by atoms with E-state index in [1.807, 2.05) is 13.8 Å². The highest BCUT2D eigenvalue weighted by atomic mass is 16.5. The molecular formula is C8H15NO2. The SMILES string of the molecule is CCOC(C)CC=CC(N)=O. The van der Waals surface area contributed by atoms with Gasteiger partial charge in [0.2, 0.25) is 5.91 Å². The number of ether oxygens (including phenoxy) is 1. The Bertz CT molecular complexity index is 143. The van der Waals surface area contributed by atoms with E-state index >= 15 is 0 Å². The van der Waals surface area contributed by atoms with Gasteiger partial charge in [-0.1, -0.05) is 6.08 Å². The molecule has 3 heteroatoms. The monoisotopic (exact) mass is 157 g/mol. The van der Waals surface area contributed by atoms with Gasteiger partial charge in [0.15, 0.2) is 0 Å². The second-order valence-corrected chi connectivity index (χ2v) is 2.31. The van der Waals surface area contributed by atoms with Crippen molar-refractivity contribution in [3.05, 3.63) is 12.2 Å². The van der Waals surface area contributed by atoms with E-state index in [1.165, 1.54) is 6.08 Å². The molecule has 1 atom stereocenters. The Morgan fingerprint density at radius 2 is 2.36 bits per heavy atom.